The summed E-state index contributed by atoms with van der Waals surface area (Å²) in [6.45, 7) is 5.98. The SMILES string of the molecule is Cc1cccc(-c2[nH]c(CN(Cc3ccccc3N(C)C)C(=O)OCc3ccc(NC(=O)C(CCCNC(N)=O)NC(=O)C(NC(=O)CCCCCN4C(=O)C=CC4=O)C(C)C)cc3)nc2-c2ccc3ncnn3c2)n1. The van der Waals surface area contributed by atoms with Crippen molar-refractivity contribution in [2.75, 3.05) is 37.4 Å². The molecule has 0 bridgehead atoms. The van der Waals surface area contributed by atoms with Crippen LogP contribution in [0.15, 0.2) is 104 Å². The number of imidazole rings is 1. The van der Waals surface area contributed by atoms with Gasteiger partial charge < -0.3 is 41.6 Å². The number of nitrogens with one attached hydrogen (secondary N) is 5. The predicted octanol–water partition coefficient (Wildman–Crippen LogP) is 5.39. The molecule has 7 rings (SSSR count). The van der Waals surface area contributed by atoms with E-state index in [-0.39, 0.29) is 69.3 Å². The molecular weight excluding hydrogens is 973 g/mol. The van der Waals surface area contributed by atoms with E-state index in [1.54, 1.807) is 47.5 Å². The fraction of sp³-hybridized carbons (Fsp3) is 0.352. The zero-order chi connectivity index (χ0) is 54.3. The maximum Gasteiger partial charge on any atom is 0.410 e. The smallest absolute Gasteiger partial charge is 0.410 e. The number of aromatic nitrogens is 6. The molecule has 4 aromatic heterocycles. The first-order chi connectivity index (χ1) is 36.5. The third kappa shape index (κ3) is 14.9. The molecule has 0 aliphatic carbocycles. The molecule has 6 aromatic rings. The lowest BCUT2D eigenvalue weighted by Gasteiger charge is -2.25. The first-order valence-corrected chi connectivity index (χ1v) is 25.1. The Kier molecular flexibility index (Phi) is 18.6. The fourth-order valence-electron chi connectivity index (χ4n) is 8.55. The molecule has 8 amide bonds. The predicted molar refractivity (Wildman–Crippen MR) is 284 cm³/mol. The Labute approximate surface area is 439 Å². The number of fused-ring (bicyclic) bond motifs is 1. The van der Waals surface area contributed by atoms with E-state index in [4.69, 9.17) is 20.4 Å². The molecule has 2 aromatic carbocycles. The van der Waals surface area contributed by atoms with Gasteiger partial charge in [-0.1, -0.05) is 56.7 Å². The highest BCUT2D eigenvalue weighted by molar-refractivity contribution is 6.12. The van der Waals surface area contributed by atoms with Crippen LogP contribution in [-0.4, -0.2) is 120 Å². The monoisotopic (exact) mass is 1040 g/mol. The molecule has 1 aliphatic heterocycles. The molecule has 0 spiro atoms. The Bertz CT molecular complexity index is 3060. The number of benzene rings is 2. The summed E-state index contributed by atoms with van der Waals surface area (Å²) in [5.74, 6) is -2.04. The molecule has 1 aliphatic rings. The molecule has 0 saturated heterocycles. The van der Waals surface area contributed by atoms with Gasteiger partial charge in [-0.15, -0.1) is 0 Å². The Morgan fingerprint density at radius 2 is 1.59 bits per heavy atom. The number of imide groups is 1. The Hall–Kier alpha value is -8.95. The number of carbonyl (C=O) groups is 7. The van der Waals surface area contributed by atoms with Crippen LogP contribution in [0, 0.1) is 12.8 Å². The number of ether oxygens (including phenoxy) is 1. The van der Waals surface area contributed by atoms with Gasteiger partial charge in [0.25, 0.3) is 11.8 Å². The van der Waals surface area contributed by atoms with Crippen molar-refractivity contribution in [1.82, 2.24) is 55.3 Å². The lowest BCUT2D eigenvalue weighted by molar-refractivity contribution is -0.137. The van der Waals surface area contributed by atoms with Gasteiger partial charge in [0.2, 0.25) is 17.7 Å². The number of nitrogens with zero attached hydrogens (tertiary/aromatic N) is 8. The summed E-state index contributed by atoms with van der Waals surface area (Å²) in [4.78, 5) is 112. The van der Waals surface area contributed by atoms with Crippen molar-refractivity contribution in [3.05, 3.63) is 126 Å². The van der Waals surface area contributed by atoms with Crippen molar-refractivity contribution in [3.63, 3.8) is 0 Å². The minimum atomic E-state index is -1.07. The summed E-state index contributed by atoms with van der Waals surface area (Å²) in [7, 11) is 3.87. The molecule has 22 heteroatoms. The van der Waals surface area contributed by atoms with Crippen molar-refractivity contribution in [2.45, 2.75) is 91.1 Å². The van der Waals surface area contributed by atoms with Crippen LogP contribution in [0.5, 0.6) is 0 Å². The van der Waals surface area contributed by atoms with Crippen LogP contribution < -0.4 is 31.9 Å². The quantitative estimate of drug-likeness (QED) is 0.0310. The average molecular weight is 1040 g/mol. The fourth-order valence-corrected chi connectivity index (χ4v) is 8.55. The van der Waals surface area contributed by atoms with Crippen molar-refractivity contribution < 1.29 is 38.3 Å². The number of carbonyl (C=O) groups excluding carboxylic acids is 7. The van der Waals surface area contributed by atoms with Crippen molar-refractivity contribution in [3.8, 4) is 22.6 Å². The number of primary amides is 1. The Morgan fingerprint density at radius 3 is 2.32 bits per heavy atom. The zero-order valence-corrected chi connectivity index (χ0v) is 43.2. The third-order valence-corrected chi connectivity index (χ3v) is 12.5. The third-order valence-electron chi connectivity index (χ3n) is 12.5. The number of aryl methyl sites for hydroxylation is 1. The van der Waals surface area contributed by atoms with Crippen LogP contribution in [0.25, 0.3) is 28.3 Å². The highest BCUT2D eigenvalue weighted by atomic mass is 16.6. The van der Waals surface area contributed by atoms with Crippen molar-refractivity contribution in [1.29, 1.82) is 0 Å². The van der Waals surface area contributed by atoms with E-state index in [0.717, 1.165) is 27.4 Å². The lowest BCUT2D eigenvalue weighted by atomic mass is 10.0. The number of nitrogens with two attached hydrogens (primary N) is 1. The summed E-state index contributed by atoms with van der Waals surface area (Å²) in [6, 6.07) is 21.2. The van der Waals surface area contributed by atoms with Gasteiger partial charge in [0.1, 0.15) is 30.8 Å². The molecule has 2 unspecified atom stereocenters. The second-order valence-corrected chi connectivity index (χ2v) is 18.9. The van der Waals surface area contributed by atoms with Gasteiger partial charge in [-0.25, -0.2) is 24.1 Å². The number of amides is 8. The van der Waals surface area contributed by atoms with Crippen LogP contribution in [-0.2, 0) is 48.4 Å². The number of pyridine rings is 2. The van der Waals surface area contributed by atoms with Gasteiger partial charge in [-0.05, 0) is 92.1 Å². The summed E-state index contributed by atoms with van der Waals surface area (Å²) in [6.07, 6.45) is 7.27. The van der Waals surface area contributed by atoms with Crippen LogP contribution in [0.1, 0.15) is 75.0 Å². The molecule has 7 N–H and O–H groups in total. The molecule has 0 fully saturated rings. The number of rotatable bonds is 25. The summed E-state index contributed by atoms with van der Waals surface area (Å²) in [5.41, 5.74) is 12.3. The maximum absolute atomic E-state index is 14.3. The number of urea groups is 1. The van der Waals surface area contributed by atoms with E-state index in [2.05, 4.69) is 36.3 Å². The van der Waals surface area contributed by atoms with E-state index in [1.165, 1.54) is 18.5 Å². The molecule has 5 heterocycles. The largest absolute Gasteiger partial charge is 0.445 e. The molecule has 0 saturated carbocycles. The van der Waals surface area contributed by atoms with Crippen molar-refractivity contribution in [2.24, 2.45) is 11.7 Å². The first-order valence-electron chi connectivity index (χ1n) is 25.1. The number of unbranched alkanes of at least 4 members (excludes halogenated alkanes) is 2. The van der Waals surface area contributed by atoms with Gasteiger partial charge in [-0.3, -0.25) is 38.8 Å². The molecule has 0 radical (unpaired) electrons. The average Bonchev–Trinajstić information content (AvgIpc) is 4.14. The molecule has 22 nitrogen and oxygen atoms in total. The number of hydrogen-bond acceptors (Lipinski definition) is 13. The topological polar surface area (TPSA) is 284 Å². The number of hydrogen-bond donors (Lipinski definition) is 6. The number of H-pyrrole nitrogens is 1. The van der Waals surface area contributed by atoms with Crippen LogP contribution in [0.2, 0.25) is 0 Å². The maximum atomic E-state index is 14.3. The molecule has 398 valence electrons. The first kappa shape index (κ1) is 54.8. The lowest BCUT2D eigenvalue weighted by Crippen LogP contribution is -2.54. The summed E-state index contributed by atoms with van der Waals surface area (Å²) in [5, 5.41) is 15.2. The van der Waals surface area contributed by atoms with Gasteiger partial charge in [-0.2, -0.15) is 5.10 Å². The van der Waals surface area contributed by atoms with Gasteiger partial charge in [0.05, 0.1) is 30.2 Å². The van der Waals surface area contributed by atoms with E-state index in [0.29, 0.717) is 65.5 Å². The highest BCUT2D eigenvalue weighted by Crippen LogP contribution is 2.31. The summed E-state index contributed by atoms with van der Waals surface area (Å²) >= 11 is 0. The van der Waals surface area contributed by atoms with E-state index < -0.39 is 36.0 Å². The van der Waals surface area contributed by atoms with Gasteiger partial charge >= 0.3 is 12.1 Å². The second kappa shape index (κ2) is 25.8. The number of anilines is 2. The van der Waals surface area contributed by atoms with Crippen LogP contribution >= 0.6 is 0 Å². The van der Waals surface area contributed by atoms with Crippen molar-refractivity contribution >= 4 is 58.7 Å². The van der Waals surface area contributed by atoms with E-state index in [9.17, 15) is 33.6 Å². The van der Waals surface area contributed by atoms with Crippen LogP contribution in [0.4, 0.5) is 21.0 Å². The van der Waals surface area contributed by atoms with Crippen LogP contribution in [0.3, 0.4) is 0 Å². The summed E-state index contributed by atoms with van der Waals surface area (Å²) < 4.78 is 7.64. The van der Waals surface area contributed by atoms with E-state index in [1.807, 2.05) is 86.7 Å². The molecule has 76 heavy (non-hydrogen) atoms. The minimum absolute atomic E-state index is 0.0453. The van der Waals surface area contributed by atoms with E-state index >= 15 is 0 Å². The van der Waals surface area contributed by atoms with Gasteiger partial charge in [0.15, 0.2) is 5.65 Å². The van der Waals surface area contributed by atoms with Gasteiger partial charge in [0, 0.05) is 74.6 Å². The highest BCUT2D eigenvalue weighted by Gasteiger charge is 2.30. The number of aromatic amines is 1. The zero-order valence-electron chi connectivity index (χ0n) is 43.2. The second-order valence-electron chi connectivity index (χ2n) is 18.9. The normalized spacial score (nSPS) is 12.9. The standard InChI is InChI=1S/C54H64N14O8/c1-34(2)48(64-45(69)18-7-6-10-28-67-46(70)25-26-47(67)71)52(73)61-41(16-12-27-56-53(55)74)51(72)60-39-22-19-36(20-23-39)32-76-54(75)66(29-37-14-8-9-17-42(37)65(4)5)31-43-62-49(38-21-24-44-57-33-58-68(44)30-38)50(63-43)40-15-11-13-35(3)59-40/h8-9,11,13-15,17,19-26,30,33-34,41,48H,6-7,10,12,16,18,27-29,31-32H2,1-5H3,(H,60,72)(H,61,73)(H,62,63)(H,64,69)(H3,55,56,74). The Balaban J connectivity index is 1.01. The minimum Gasteiger partial charge on any atom is -0.445 e. The number of para-hydroxylation sites is 1. The molecule has 2 atom stereocenters. The Morgan fingerprint density at radius 1 is 0.829 bits per heavy atom. The molecular formula is C54H64N14O8.